The maximum Gasteiger partial charge on any atom is 0.222 e. The zero-order chi connectivity index (χ0) is 14.7. The molecule has 2 rings (SSSR count). The maximum atomic E-state index is 12.4. The van der Waals surface area contributed by atoms with Crippen molar-refractivity contribution in [3.63, 3.8) is 0 Å². The third-order valence-corrected chi connectivity index (χ3v) is 4.27. The standard InChI is InChI=1S/C16H27N3O/c1-5-10-19(11-14-6-7-14)16(20)9-8-15-12(2)17-18(4)13(15)3/h14H,5-11H2,1-4H3. The van der Waals surface area contributed by atoms with Crippen molar-refractivity contribution in [2.45, 2.75) is 52.9 Å². The molecule has 112 valence electrons. The molecule has 0 bridgehead atoms. The second kappa shape index (κ2) is 6.42. The topological polar surface area (TPSA) is 38.1 Å². The Hall–Kier alpha value is -1.32. The molecule has 1 fully saturated rings. The zero-order valence-electron chi connectivity index (χ0n) is 13.3. The number of carbonyl (C=O) groups is 1. The predicted molar refractivity (Wildman–Crippen MR) is 80.6 cm³/mol. The number of hydrogen-bond donors (Lipinski definition) is 0. The average molecular weight is 277 g/mol. The fourth-order valence-corrected chi connectivity index (χ4v) is 2.77. The van der Waals surface area contributed by atoms with Crippen LogP contribution in [0.4, 0.5) is 0 Å². The molecule has 1 heterocycles. The average Bonchev–Trinajstić information content (AvgIpc) is 3.17. The molecule has 20 heavy (non-hydrogen) atoms. The van der Waals surface area contributed by atoms with Gasteiger partial charge in [0.05, 0.1) is 5.69 Å². The maximum absolute atomic E-state index is 12.4. The van der Waals surface area contributed by atoms with Gasteiger partial charge in [-0.05, 0) is 51.0 Å². The number of hydrogen-bond acceptors (Lipinski definition) is 2. The molecule has 4 heteroatoms. The van der Waals surface area contributed by atoms with Gasteiger partial charge in [0.2, 0.25) is 5.91 Å². The van der Waals surface area contributed by atoms with E-state index in [-0.39, 0.29) is 0 Å². The second-order valence-electron chi connectivity index (χ2n) is 6.06. The largest absolute Gasteiger partial charge is 0.342 e. The molecule has 0 radical (unpaired) electrons. The monoisotopic (exact) mass is 277 g/mol. The van der Waals surface area contributed by atoms with Crippen LogP contribution in [0.25, 0.3) is 0 Å². The SMILES string of the molecule is CCCN(CC1CC1)C(=O)CCc1c(C)nn(C)c1C. The van der Waals surface area contributed by atoms with Crippen LogP contribution in [0.2, 0.25) is 0 Å². The van der Waals surface area contributed by atoms with Crippen LogP contribution in [0.3, 0.4) is 0 Å². The second-order valence-corrected chi connectivity index (χ2v) is 6.06. The lowest BCUT2D eigenvalue weighted by atomic mass is 10.1. The van der Waals surface area contributed by atoms with E-state index in [9.17, 15) is 4.79 Å². The van der Waals surface area contributed by atoms with Crippen molar-refractivity contribution in [2.75, 3.05) is 13.1 Å². The molecule has 0 unspecified atom stereocenters. The number of carbonyl (C=O) groups excluding carboxylic acids is 1. The van der Waals surface area contributed by atoms with Crippen molar-refractivity contribution in [1.82, 2.24) is 14.7 Å². The van der Waals surface area contributed by atoms with Crippen LogP contribution >= 0.6 is 0 Å². The molecule has 0 aliphatic heterocycles. The number of aryl methyl sites for hydroxylation is 2. The van der Waals surface area contributed by atoms with Crippen molar-refractivity contribution >= 4 is 5.91 Å². The minimum absolute atomic E-state index is 0.307. The van der Waals surface area contributed by atoms with Gasteiger partial charge >= 0.3 is 0 Å². The number of amides is 1. The van der Waals surface area contributed by atoms with Gasteiger partial charge in [0.1, 0.15) is 0 Å². The molecule has 4 nitrogen and oxygen atoms in total. The molecule has 1 aromatic heterocycles. The lowest BCUT2D eigenvalue weighted by Crippen LogP contribution is -2.33. The van der Waals surface area contributed by atoms with E-state index in [0.717, 1.165) is 37.5 Å². The lowest BCUT2D eigenvalue weighted by Gasteiger charge is -2.22. The molecule has 0 spiro atoms. The Morgan fingerprint density at radius 2 is 2.10 bits per heavy atom. The van der Waals surface area contributed by atoms with Gasteiger partial charge in [0.25, 0.3) is 0 Å². The predicted octanol–water partition coefficient (Wildman–Crippen LogP) is 2.62. The fourth-order valence-electron chi connectivity index (χ4n) is 2.77. The van der Waals surface area contributed by atoms with Gasteiger partial charge in [0.15, 0.2) is 0 Å². The van der Waals surface area contributed by atoms with Crippen molar-refractivity contribution in [2.24, 2.45) is 13.0 Å². The number of rotatable bonds is 7. The first-order valence-corrected chi connectivity index (χ1v) is 7.79. The summed E-state index contributed by atoms with van der Waals surface area (Å²) in [7, 11) is 1.96. The Morgan fingerprint density at radius 3 is 2.60 bits per heavy atom. The van der Waals surface area contributed by atoms with Gasteiger partial charge in [-0.2, -0.15) is 5.10 Å². The van der Waals surface area contributed by atoms with Crippen LogP contribution in [-0.2, 0) is 18.3 Å². The summed E-state index contributed by atoms with van der Waals surface area (Å²) in [5.41, 5.74) is 3.48. The zero-order valence-corrected chi connectivity index (χ0v) is 13.3. The van der Waals surface area contributed by atoms with Gasteiger partial charge in [-0.3, -0.25) is 9.48 Å². The van der Waals surface area contributed by atoms with Crippen LogP contribution in [-0.4, -0.2) is 33.7 Å². The Morgan fingerprint density at radius 1 is 1.40 bits per heavy atom. The van der Waals surface area contributed by atoms with E-state index in [4.69, 9.17) is 0 Å². The Kier molecular flexibility index (Phi) is 4.84. The molecule has 0 aromatic carbocycles. The third kappa shape index (κ3) is 3.62. The normalized spacial score (nSPS) is 14.6. The first-order chi connectivity index (χ1) is 9.52. The fraction of sp³-hybridized carbons (Fsp3) is 0.750. The van der Waals surface area contributed by atoms with E-state index < -0.39 is 0 Å². The summed E-state index contributed by atoms with van der Waals surface area (Å²) in [4.78, 5) is 14.5. The van der Waals surface area contributed by atoms with Crippen LogP contribution in [0.15, 0.2) is 0 Å². The van der Waals surface area contributed by atoms with Crippen LogP contribution in [0.5, 0.6) is 0 Å². The molecule has 0 saturated heterocycles. The van der Waals surface area contributed by atoms with E-state index in [1.807, 2.05) is 18.7 Å². The third-order valence-electron chi connectivity index (χ3n) is 4.27. The van der Waals surface area contributed by atoms with Gasteiger partial charge in [-0.25, -0.2) is 0 Å². The molecular formula is C16H27N3O. The van der Waals surface area contributed by atoms with Gasteiger partial charge in [0, 0.05) is 32.3 Å². The van der Waals surface area contributed by atoms with Crippen molar-refractivity contribution < 1.29 is 4.79 Å². The molecule has 1 amide bonds. The molecule has 0 N–H and O–H groups in total. The van der Waals surface area contributed by atoms with E-state index in [2.05, 4.69) is 23.8 Å². The van der Waals surface area contributed by atoms with Gasteiger partial charge in [-0.15, -0.1) is 0 Å². The summed E-state index contributed by atoms with van der Waals surface area (Å²) < 4.78 is 1.91. The minimum Gasteiger partial charge on any atom is -0.342 e. The molecule has 1 aliphatic carbocycles. The Labute approximate surface area is 122 Å². The first-order valence-electron chi connectivity index (χ1n) is 7.79. The number of aromatic nitrogens is 2. The summed E-state index contributed by atoms with van der Waals surface area (Å²) in [6.07, 6.45) is 5.07. The highest BCUT2D eigenvalue weighted by Crippen LogP contribution is 2.30. The van der Waals surface area contributed by atoms with Gasteiger partial charge in [-0.1, -0.05) is 6.92 Å². The molecular weight excluding hydrogens is 250 g/mol. The highest BCUT2D eigenvalue weighted by atomic mass is 16.2. The van der Waals surface area contributed by atoms with Crippen molar-refractivity contribution in [3.05, 3.63) is 17.0 Å². The van der Waals surface area contributed by atoms with Crippen LogP contribution < -0.4 is 0 Å². The first kappa shape index (κ1) is 15.1. The highest BCUT2D eigenvalue weighted by molar-refractivity contribution is 5.76. The summed E-state index contributed by atoms with van der Waals surface area (Å²) >= 11 is 0. The smallest absolute Gasteiger partial charge is 0.222 e. The quantitative estimate of drug-likeness (QED) is 0.768. The molecule has 1 aromatic rings. The summed E-state index contributed by atoms with van der Waals surface area (Å²) in [6.45, 7) is 8.12. The van der Waals surface area contributed by atoms with E-state index in [1.165, 1.54) is 24.1 Å². The molecule has 0 atom stereocenters. The Balaban J connectivity index is 1.92. The highest BCUT2D eigenvalue weighted by Gasteiger charge is 2.26. The summed E-state index contributed by atoms with van der Waals surface area (Å²) in [5, 5.41) is 4.42. The summed E-state index contributed by atoms with van der Waals surface area (Å²) in [5.74, 6) is 1.08. The van der Waals surface area contributed by atoms with Crippen molar-refractivity contribution in [1.29, 1.82) is 0 Å². The Bertz CT molecular complexity index is 474. The van der Waals surface area contributed by atoms with Gasteiger partial charge < -0.3 is 4.90 Å². The number of nitrogens with zero attached hydrogens (tertiary/aromatic N) is 3. The molecule has 1 saturated carbocycles. The molecule has 1 aliphatic rings. The van der Waals surface area contributed by atoms with Crippen LogP contribution in [0, 0.1) is 19.8 Å². The summed E-state index contributed by atoms with van der Waals surface area (Å²) in [6, 6.07) is 0. The van der Waals surface area contributed by atoms with Crippen molar-refractivity contribution in [3.8, 4) is 0 Å². The van der Waals surface area contributed by atoms with E-state index in [0.29, 0.717) is 12.3 Å². The van der Waals surface area contributed by atoms with Crippen LogP contribution in [0.1, 0.15) is 49.6 Å². The van der Waals surface area contributed by atoms with E-state index in [1.54, 1.807) is 0 Å². The minimum atomic E-state index is 0.307. The lowest BCUT2D eigenvalue weighted by molar-refractivity contribution is -0.131. The van der Waals surface area contributed by atoms with E-state index >= 15 is 0 Å².